The van der Waals surface area contributed by atoms with E-state index in [2.05, 4.69) is 29.2 Å². The predicted octanol–water partition coefficient (Wildman–Crippen LogP) is 1.89. The second-order valence-corrected chi connectivity index (χ2v) is 6.15. The van der Waals surface area contributed by atoms with E-state index in [0.29, 0.717) is 12.6 Å². The molecule has 1 heterocycles. The minimum atomic E-state index is 0.0598. The van der Waals surface area contributed by atoms with E-state index in [1.165, 1.54) is 0 Å². The maximum absolute atomic E-state index is 12.2. The molecule has 1 aliphatic rings. The van der Waals surface area contributed by atoms with Gasteiger partial charge in [0.2, 0.25) is 5.91 Å². The SMILES string of the molecule is C[C@@H](NC(=O)CN(C)C1CCN(C)CC1)c1ccccc1. The number of hydrogen-bond acceptors (Lipinski definition) is 3. The second kappa shape index (κ2) is 7.57. The predicted molar refractivity (Wildman–Crippen MR) is 86.1 cm³/mol. The summed E-state index contributed by atoms with van der Waals surface area (Å²) in [6, 6.07) is 10.7. The molecule has 0 saturated carbocycles. The standard InChI is InChI=1S/C17H27N3O/c1-14(15-7-5-4-6-8-15)18-17(21)13-20(3)16-9-11-19(2)12-10-16/h4-8,14,16H,9-13H2,1-3H3,(H,18,21)/t14-/m1/s1. The Morgan fingerprint density at radius 2 is 1.95 bits per heavy atom. The molecule has 1 N–H and O–H groups in total. The van der Waals surface area contributed by atoms with Crippen molar-refractivity contribution in [2.45, 2.75) is 31.8 Å². The highest BCUT2D eigenvalue weighted by atomic mass is 16.2. The van der Waals surface area contributed by atoms with Crippen molar-refractivity contribution in [3.05, 3.63) is 35.9 Å². The van der Waals surface area contributed by atoms with Crippen LogP contribution in [-0.4, -0.2) is 55.5 Å². The van der Waals surface area contributed by atoms with Crippen LogP contribution < -0.4 is 5.32 Å². The van der Waals surface area contributed by atoms with Crippen molar-refractivity contribution in [3.8, 4) is 0 Å². The van der Waals surface area contributed by atoms with Gasteiger partial charge in [-0.25, -0.2) is 0 Å². The summed E-state index contributed by atoms with van der Waals surface area (Å²) in [4.78, 5) is 16.7. The van der Waals surface area contributed by atoms with Crippen LogP contribution in [0, 0.1) is 0 Å². The molecular weight excluding hydrogens is 262 g/mol. The summed E-state index contributed by atoms with van der Waals surface area (Å²) in [6.07, 6.45) is 2.29. The molecule has 0 spiro atoms. The van der Waals surface area contributed by atoms with Crippen LogP contribution in [0.25, 0.3) is 0 Å². The van der Waals surface area contributed by atoms with E-state index in [-0.39, 0.29) is 11.9 Å². The van der Waals surface area contributed by atoms with Crippen molar-refractivity contribution >= 4 is 5.91 Å². The highest BCUT2D eigenvalue weighted by molar-refractivity contribution is 5.78. The van der Waals surface area contributed by atoms with Gasteiger partial charge in [-0.05, 0) is 52.5 Å². The topological polar surface area (TPSA) is 35.6 Å². The summed E-state index contributed by atoms with van der Waals surface area (Å²) in [6.45, 7) is 4.75. The van der Waals surface area contributed by atoms with Crippen LogP contribution in [0.1, 0.15) is 31.4 Å². The van der Waals surface area contributed by atoms with Crippen LogP contribution >= 0.6 is 0 Å². The Kier molecular flexibility index (Phi) is 5.76. The molecule has 1 aromatic carbocycles. The molecule has 0 bridgehead atoms. The number of likely N-dealkylation sites (tertiary alicyclic amines) is 1. The number of carbonyl (C=O) groups is 1. The van der Waals surface area contributed by atoms with Gasteiger partial charge in [-0.15, -0.1) is 0 Å². The maximum atomic E-state index is 12.2. The molecular formula is C17H27N3O. The number of likely N-dealkylation sites (N-methyl/N-ethyl adjacent to an activating group) is 1. The Balaban J connectivity index is 1.78. The molecule has 1 amide bonds. The fourth-order valence-electron chi connectivity index (χ4n) is 2.90. The number of nitrogens with zero attached hydrogens (tertiary/aromatic N) is 2. The average Bonchev–Trinajstić information content (AvgIpc) is 2.48. The summed E-state index contributed by atoms with van der Waals surface area (Å²) < 4.78 is 0. The molecule has 4 nitrogen and oxygen atoms in total. The zero-order chi connectivity index (χ0) is 15.2. The van der Waals surface area contributed by atoms with E-state index in [1.807, 2.05) is 37.3 Å². The van der Waals surface area contributed by atoms with E-state index < -0.39 is 0 Å². The zero-order valence-electron chi connectivity index (χ0n) is 13.4. The van der Waals surface area contributed by atoms with Gasteiger partial charge < -0.3 is 10.2 Å². The summed E-state index contributed by atoms with van der Waals surface area (Å²) in [7, 11) is 4.22. The molecule has 0 aromatic heterocycles. The van der Waals surface area contributed by atoms with Gasteiger partial charge in [0.1, 0.15) is 0 Å². The minimum absolute atomic E-state index is 0.0598. The van der Waals surface area contributed by atoms with Crippen molar-refractivity contribution in [1.29, 1.82) is 0 Å². The number of rotatable bonds is 5. The molecule has 21 heavy (non-hydrogen) atoms. The summed E-state index contributed by atoms with van der Waals surface area (Å²) in [5.74, 6) is 0.104. The van der Waals surface area contributed by atoms with Crippen molar-refractivity contribution < 1.29 is 4.79 Å². The van der Waals surface area contributed by atoms with E-state index in [4.69, 9.17) is 0 Å². The molecule has 1 fully saturated rings. The van der Waals surface area contributed by atoms with Crippen LogP contribution in [0.4, 0.5) is 0 Å². The van der Waals surface area contributed by atoms with Crippen molar-refractivity contribution in [1.82, 2.24) is 15.1 Å². The molecule has 0 unspecified atom stereocenters. The fourth-order valence-corrected chi connectivity index (χ4v) is 2.90. The van der Waals surface area contributed by atoms with Gasteiger partial charge >= 0.3 is 0 Å². The third kappa shape index (κ3) is 4.83. The molecule has 1 saturated heterocycles. The van der Waals surface area contributed by atoms with E-state index in [1.54, 1.807) is 0 Å². The Morgan fingerprint density at radius 1 is 1.33 bits per heavy atom. The quantitative estimate of drug-likeness (QED) is 0.899. The normalized spacial score (nSPS) is 18.7. The molecule has 1 aliphatic heterocycles. The van der Waals surface area contributed by atoms with Gasteiger partial charge in [-0.2, -0.15) is 0 Å². The first-order chi connectivity index (χ1) is 10.1. The molecule has 4 heteroatoms. The number of piperidine rings is 1. The lowest BCUT2D eigenvalue weighted by molar-refractivity contribution is -0.123. The van der Waals surface area contributed by atoms with Crippen molar-refractivity contribution in [3.63, 3.8) is 0 Å². The summed E-state index contributed by atoms with van der Waals surface area (Å²) in [5.41, 5.74) is 1.15. The van der Waals surface area contributed by atoms with Gasteiger partial charge in [0.05, 0.1) is 12.6 Å². The van der Waals surface area contributed by atoms with Gasteiger partial charge in [0.25, 0.3) is 0 Å². The largest absolute Gasteiger partial charge is 0.348 e. The minimum Gasteiger partial charge on any atom is -0.348 e. The number of benzene rings is 1. The van der Waals surface area contributed by atoms with Crippen LogP contribution in [0.5, 0.6) is 0 Å². The highest BCUT2D eigenvalue weighted by Crippen LogP contribution is 2.14. The fraction of sp³-hybridized carbons (Fsp3) is 0.588. The lowest BCUT2D eigenvalue weighted by atomic mass is 10.0. The Morgan fingerprint density at radius 3 is 2.57 bits per heavy atom. The number of amides is 1. The van der Waals surface area contributed by atoms with Crippen molar-refractivity contribution in [2.75, 3.05) is 33.7 Å². The van der Waals surface area contributed by atoms with Crippen LogP contribution in [-0.2, 0) is 4.79 Å². The first kappa shape index (κ1) is 16.0. The van der Waals surface area contributed by atoms with E-state index in [0.717, 1.165) is 31.5 Å². The summed E-state index contributed by atoms with van der Waals surface area (Å²) >= 11 is 0. The van der Waals surface area contributed by atoms with Crippen LogP contribution in [0.2, 0.25) is 0 Å². The third-order valence-electron chi connectivity index (χ3n) is 4.38. The lowest BCUT2D eigenvalue weighted by Crippen LogP contribution is -2.46. The molecule has 1 aromatic rings. The van der Waals surface area contributed by atoms with Gasteiger partial charge in [-0.1, -0.05) is 30.3 Å². The van der Waals surface area contributed by atoms with Crippen molar-refractivity contribution in [2.24, 2.45) is 0 Å². The number of carbonyl (C=O) groups excluding carboxylic acids is 1. The smallest absolute Gasteiger partial charge is 0.234 e. The van der Waals surface area contributed by atoms with Gasteiger partial charge in [-0.3, -0.25) is 9.69 Å². The molecule has 0 aliphatic carbocycles. The third-order valence-corrected chi connectivity index (χ3v) is 4.38. The molecule has 116 valence electrons. The first-order valence-electron chi connectivity index (χ1n) is 7.79. The molecule has 0 radical (unpaired) electrons. The monoisotopic (exact) mass is 289 g/mol. The Hall–Kier alpha value is -1.39. The van der Waals surface area contributed by atoms with Crippen LogP contribution in [0.3, 0.4) is 0 Å². The van der Waals surface area contributed by atoms with E-state index >= 15 is 0 Å². The molecule has 2 rings (SSSR count). The second-order valence-electron chi connectivity index (χ2n) is 6.15. The van der Waals surface area contributed by atoms with Gasteiger partial charge in [0, 0.05) is 6.04 Å². The molecule has 1 atom stereocenters. The number of nitrogens with one attached hydrogen (secondary N) is 1. The Bertz CT molecular complexity index is 441. The lowest BCUT2D eigenvalue weighted by Gasteiger charge is -2.34. The maximum Gasteiger partial charge on any atom is 0.234 e. The average molecular weight is 289 g/mol. The first-order valence-corrected chi connectivity index (χ1v) is 7.79. The highest BCUT2D eigenvalue weighted by Gasteiger charge is 2.22. The zero-order valence-corrected chi connectivity index (χ0v) is 13.4. The summed E-state index contributed by atoms with van der Waals surface area (Å²) in [5, 5.41) is 3.08. The van der Waals surface area contributed by atoms with E-state index in [9.17, 15) is 4.79 Å². The van der Waals surface area contributed by atoms with Crippen LogP contribution in [0.15, 0.2) is 30.3 Å². The Labute approximate surface area is 128 Å². The van der Waals surface area contributed by atoms with Gasteiger partial charge in [0.15, 0.2) is 0 Å². The number of hydrogen-bond donors (Lipinski definition) is 1.